The molecule has 2 saturated heterocycles. The normalized spacial score (nSPS) is 33.9. The number of hydrogen-bond donors (Lipinski definition) is 7. The minimum atomic E-state index is -1.72. The number of ether oxygens (including phenoxy) is 4. The number of carbonyl (C=O) groups is 2. The Kier molecular flexibility index (Phi) is 8.05. The molecule has 3 aliphatic rings. The number of aliphatic hydroxyl groups is 6. The number of carbonyl (C=O) groups excluding carboxylic acids is 2. The molecule has 9 atom stereocenters. The third-order valence-corrected chi connectivity index (χ3v) is 7.50. The van der Waals surface area contributed by atoms with Crippen molar-refractivity contribution in [3.63, 3.8) is 0 Å². The van der Waals surface area contributed by atoms with Crippen LogP contribution in [0.5, 0.6) is 5.75 Å². The molecule has 5 rings (SSSR count). The Bertz CT molecular complexity index is 1300. The van der Waals surface area contributed by atoms with Crippen molar-refractivity contribution in [1.29, 1.82) is 0 Å². The number of ketones is 2. The number of phenols is 1. The van der Waals surface area contributed by atoms with Gasteiger partial charge in [-0.25, -0.2) is 0 Å². The van der Waals surface area contributed by atoms with Crippen LogP contribution in [-0.4, -0.2) is 116 Å². The minimum Gasteiger partial charge on any atom is -0.507 e. The van der Waals surface area contributed by atoms with Crippen molar-refractivity contribution in [1.82, 2.24) is 0 Å². The fraction of sp³-hybridized carbons (Fsp3) is 0.481. The lowest BCUT2D eigenvalue weighted by atomic mass is 9.81. The van der Waals surface area contributed by atoms with E-state index in [2.05, 4.69) is 0 Å². The van der Waals surface area contributed by atoms with E-state index in [0.29, 0.717) is 5.56 Å². The summed E-state index contributed by atoms with van der Waals surface area (Å²) >= 11 is 0. The molecule has 0 aromatic heterocycles. The van der Waals surface area contributed by atoms with Gasteiger partial charge in [0, 0.05) is 16.7 Å². The Morgan fingerprint density at radius 2 is 1.48 bits per heavy atom. The van der Waals surface area contributed by atoms with Crippen LogP contribution in [0.2, 0.25) is 0 Å². The number of aromatic hydroxyl groups is 1. The van der Waals surface area contributed by atoms with Crippen LogP contribution in [-0.2, 0) is 25.6 Å². The SMILES string of the molecule is Cc1c(CO[C@@H]2O[C@H](CO[C@@H]3OC[C@@H](O)[C@H](O)[C@H]3O)[C@@H](O)[C@H](O)[C@H]2O)cc2c(c1O)C(=O)c1ccccc1C2=O. The molecule has 0 unspecified atom stereocenters. The molecule has 1 aliphatic carbocycles. The summed E-state index contributed by atoms with van der Waals surface area (Å²) in [5.41, 5.74) is 0.849. The van der Waals surface area contributed by atoms with Crippen molar-refractivity contribution in [2.24, 2.45) is 0 Å². The van der Waals surface area contributed by atoms with Gasteiger partial charge in [0.25, 0.3) is 0 Å². The van der Waals surface area contributed by atoms with Crippen molar-refractivity contribution < 1.29 is 64.3 Å². The lowest BCUT2D eigenvalue weighted by Crippen LogP contribution is -2.60. The summed E-state index contributed by atoms with van der Waals surface area (Å²) < 4.78 is 21.8. The highest BCUT2D eigenvalue weighted by Gasteiger charge is 2.46. The fourth-order valence-corrected chi connectivity index (χ4v) is 5.02. The zero-order valence-corrected chi connectivity index (χ0v) is 21.3. The Morgan fingerprint density at radius 1 is 0.825 bits per heavy atom. The molecule has 7 N–H and O–H groups in total. The van der Waals surface area contributed by atoms with E-state index in [0.717, 1.165) is 0 Å². The minimum absolute atomic E-state index is 0.00408. The molecule has 13 heteroatoms. The second-order valence-electron chi connectivity index (χ2n) is 10.0. The highest BCUT2D eigenvalue weighted by molar-refractivity contribution is 6.29. The van der Waals surface area contributed by atoms with Crippen LogP contribution in [0.15, 0.2) is 30.3 Å². The zero-order valence-electron chi connectivity index (χ0n) is 21.3. The third kappa shape index (κ3) is 4.94. The Hall–Kier alpha value is -2.82. The fourth-order valence-electron chi connectivity index (χ4n) is 5.02. The Morgan fingerprint density at radius 3 is 2.17 bits per heavy atom. The van der Waals surface area contributed by atoms with Gasteiger partial charge in [-0.2, -0.15) is 0 Å². The standard InChI is InChI=1S/C27H30O13/c1-10-11(6-14-17(18(10)29)20(31)13-5-3-2-4-12(13)19(14)30)7-37-27-25(36)23(34)22(33)16(40-27)9-39-26-24(35)21(32)15(28)8-38-26/h2-6,15-16,21-29,32-36H,7-9H2,1H3/t15-,16-,21+,22-,23+,24-,25-,26+,27-/m1/s1. The molecule has 40 heavy (non-hydrogen) atoms. The van der Waals surface area contributed by atoms with Gasteiger partial charge in [0.05, 0.1) is 25.4 Å². The van der Waals surface area contributed by atoms with Crippen molar-refractivity contribution in [2.45, 2.75) is 68.8 Å². The van der Waals surface area contributed by atoms with Crippen LogP contribution in [0.1, 0.15) is 43.0 Å². The smallest absolute Gasteiger partial charge is 0.198 e. The maximum Gasteiger partial charge on any atom is 0.198 e. The second-order valence-corrected chi connectivity index (χ2v) is 10.0. The second kappa shape index (κ2) is 11.2. The van der Waals surface area contributed by atoms with E-state index in [1.54, 1.807) is 12.1 Å². The first-order chi connectivity index (χ1) is 19.0. The van der Waals surface area contributed by atoms with Gasteiger partial charge in [-0.05, 0) is 24.1 Å². The molecule has 2 aromatic rings. The summed E-state index contributed by atoms with van der Waals surface area (Å²) in [6.45, 7) is 0.448. The van der Waals surface area contributed by atoms with Crippen LogP contribution in [0.4, 0.5) is 0 Å². The van der Waals surface area contributed by atoms with Crippen molar-refractivity contribution >= 4 is 11.6 Å². The largest absolute Gasteiger partial charge is 0.507 e. The average Bonchev–Trinajstić information content (AvgIpc) is 2.95. The molecule has 2 aromatic carbocycles. The third-order valence-electron chi connectivity index (χ3n) is 7.50. The number of phenolic OH excluding ortho intramolecular Hbond substituents is 1. The quantitative estimate of drug-likeness (QED) is 0.178. The molecule has 0 bridgehead atoms. The monoisotopic (exact) mass is 562 g/mol. The Balaban J connectivity index is 1.30. The molecule has 0 radical (unpaired) electrons. The molecule has 0 spiro atoms. The van der Waals surface area contributed by atoms with E-state index in [-0.39, 0.29) is 46.8 Å². The molecule has 2 fully saturated rings. The first kappa shape index (κ1) is 28.7. The molecule has 0 amide bonds. The van der Waals surface area contributed by atoms with Gasteiger partial charge < -0.3 is 54.7 Å². The predicted octanol–water partition coefficient (Wildman–Crippen LogP) is -1.74. The summed E-state index contributed by atoms with van der Waals surface area (Å²) in [5.74, 6) is -1.32. The van der Waals surface area contributed by atoms with Crippen LogP contribution in [0, 0.1) is 6.92 Å². The van der Waals surface area contributed by atoms with E-state index in [1.807, 2.05) is 0 Å². The van der Waals surface area contributed by atoms with Crippen molar-refractivity contribution in [2.75, 3.05) is 13.2 Å². The maximum atomic E-state index is 13.1. The first-order valence-corrected chi connectivity index (χ1v) is 12.6. The molecular weight excluding hydrogens is 532 g/mol. The van der Waals surface area contributed by atoms with E-state index >= 15 is 0 Å². The van der Waals surface area contributed by atoms with Crippen LogP contribution < -0.4 is 0 Å². The average molecular weight is 563 g/mol. The molecule has 13 nitrogen and oxygen atoms in total. The van der Waals surface area contributed by atoms with E-state index in [4.69, 9.17) is 18.9 Å². The van der Waals surface area contributed by atoms with Gasteiger partial charge in [-0.15, -0.1) is 0 Å². The van der Waals surface area contributed by atoms with Gasteiger partial charge >= 0.3 is 0 Å². The lowest BCUT2D eigenvalue weighted by Gasteiger charge is -2.41. The first-order valence-electron chi connectivity index (χ1n) is 12.6. The Labute approximate surface area is 227 Å². The maximum absolute atomic E-state index is 13.1. The topological polar surface area (TPSA) is 213 Å². The number of rotatable bonds is 6. The van der Waals surface area contributed by atoms with E-state index in [9.17, 15) is 45.3 Å². The zero-order chi connectivity index (χ0) is 28.9. The predicted molar refractivity (Wildman–Crippen MR) is 131 cm³/mol. The summed E-state index contributed by atoms with van der Waals surface area (Å²) in [7, 11) is 0. The van der Waals surface area contributed by atoms with Gasteiger partial charge in [-0.3, -0.25) is 9.59 Å². The number of fused-ring (bicyclic) bond motifs is 2. The molecule has 2 heterocycles. The number of hydrogen-bond acceptors (Lipinski definition) is 13. The lowest BCUT2D eigenvalue weighted by molar-refractivity contribution is -0.322. The summed E-state index contributed by atoms with van der Waals surface area (Å²) in [5, 5.41) is 71.5. The van der Waals surface area contributed by atoms with Gasteiger partial charge in [0.15, 0.2) is 24.1 Å². The van der Waals surface area contributed by atoms with Crippen LogP contribution in [0.3, 0.4) is 0 Å². The summed E-state index contributed by atoms with van der Waals surface area (Å²) in [6.07, 6.45) is -13.6. The van der Waals surface area contributed by atoms with Crippen LogP contribution >= 0.6 is 0 Å². The summed E-state index contributed by atoms with van der Waals surface area (Å²) in [6, 6.07) is 7.70. The highest BCUT2D eigenvalue weighted by Crippen LogP contribution is 2.37. The van der Waals surface area contributed by atoms with E-state index < -0.39 is 73.5 Å². The highest BCUT2D eigenvalue weighted by atomic mass is 16.7. The number of aliphatic hydroxyl groups excluding tert-OH is 6. The van der Waals surface area contributed by atoms with Gasteiger partial charge in [-0.1, -0.05) is 24.3 Å². The molecule has 2 aliphatic heterocycles. The van der Waals surface area contributed by atoms with Gasteiger partial charge in [0.1, 0.15) is 48.5 Å². The summed E-state index contributed by atoms with van der Waals surface area (Å²) in [4.78, 5) is 26.1. The van der Waals surface area contributed by atoms with Gasteiger partial charge in [0.2, 0.25) is 0 Å². The van der Waals surface area contributed by atoms with Crippen LogP contribution in [0.25, 0.3) is 0 Å². The van der Waals surface area contributed by atoms with Crippen molar-refractivity contribution in [3.05, 3.63) is 63.7 Å². The van der Waals surface area contributed by atoms with E-state index in [1.165, 1.54) is 25.1 Å². The number of benzene rings is 2. The van der Waals surface area contributed by atoms with Crippen molar-refractivity contribution in [3.8, 4) is 5.75 Å². The molecule has 216 valence electrons. The molecule has 0 saturated carbocycles. The molecular formula is C27H30O13.